The van der Waals surface area contributed by atoms with E-state index < -0.39 is 11.6 Å². The Morgan fingerprint density at radius 1 is 1.42 bits per heavy atom. The molecule has 106 valence electrons. The lowest BCUT2D eigenvalue weighted by atomic mass is 9.82. The predicted octanol–water partition coefficient (Wildman–Crippen LogP) is 2.72. The van der Waals surface area contributed by atoms with E-state index in [1.165, 1.54) is 6.07 Å². The summed E-state index contributed by atoms with van der Waals surface area (Å²) in [7, 11) is 0. The zero-order chi connectivity index (χ0) is 13.9. The Labute approximate surface area is 113 Å². The molecule has 1 aromatic rings. The van der Waals surface area contributed by atoms with Crippen LogP contribution >= 0.6 is 0 Å². The standard InChI is InChI=1S/C15H22FNO2/c1-3-19-15(6-8-18-9-7-15)14(17)12-10-11(2)4-5-13(12)16/h4-5,10,14H,3,6-9,17H2,1-2H3. The molecule has 1 aliphatic rings. The molecule has 4 heteroatoms. The van der Waals surface area contributed by atoms with Crippen molar-refractivity contribution in [2.75, 3.05) is 19.8 Å². The Hall–Kier alpha value is -0.970. The SMILES string of the molecule is CCOC1(C(N)c2cc(C)ccc2F)CCOCC1. The number of ether oxygens (including phenoxy) is 2. The number of aryl methyl sites for hydroxylation is 1. The first-order chi connectivity index (χ1) is 9.09. The van der Waals surface area contributed by atoms with Gasteiger partial charge in [-0.1, -0.05) is 17.7 Å². The second-order valence-corrected chi connectivity index (χ2v) is 5.11. The van der Waals surface area contributed by atoms with Crippen molar-refractivity contribution in [3.8, 4) is 0 Å². The fourth-order valence-corrected chi connectivity index (χ4v) is 2.73. The molecule has 1 unspecified atom stereocenters. The first-order valence-corrected chi connectivity index (χ1v) is 6.82. The van der Waals surface area contributed by atoms with Crippen LogP contribution in [0, 0.1) is 12.7 Å². The van der Waals surface area contributed by atoms with E-state index in [4.69, 9.17) is 15.2 Å². The molecule has 0 spiro atoms. The highest BCUT2D eigenvalue weighted by Gasteiger charge is 2.41. The zero-order valence-electron chi connectivity index (χ0n) is 11.6. The van der Waals surface area contributed by atoms with Crippen LogP contribution in [0.3, 0.4) is 0 Å². The van der Waals surface area contributed by atoms with Gasteiger partial charge in [0.05, 0.1) is 11.6 Å². The summed E-state index contributed by atoms with van der Waals surface area (Å²) in [5.41, 5.74) is 7.37. The summed E-state index contributed by atoms with van der Waals surface area (Å²) in [6, 6.07) is 4.58. The molecular formula is C15H22FNO2. The molecule has 0 saturated carbocycles. The second-order valence-electron chi connectivity index (χ2n) is 5.11. The highest BCUT2D eigenvalue weighted by Crippen LogP contribution is 2.37. The summed E-state index contributed by atoms with van der Waals surface area (Å²) in [6.07, 6.45) is 1.41. The van der Waals surface area contributed by atoms with Crippen molar-refractivity contribution in [3.05, 3.63) is 35.1 Å². The van der Waals surface area contributed by atoms with Crippen LogP contribution in [0.2, 0.25) is 0 Å². The van der Waals surface area contributed by atoms with E-state index in [0.29, 0.717) is 38.2 Å². The van der Waals surface area contributed by atoms with E-state index in [2.05, 4.69) is 0 Å². The van der Waals surface area contributed by atoms with Gasteiger partial charge >= 0.3 is 0 Å². The maximum atomic E-state index is 14.0. The molecule has 1 aromatic carbocycles. The smallest absolute Gasteiger partial charge is 0.128 e. The van der Waals surface area contributed by atoms with Crippen molar-refractivity contribution >= 4 is 0 Å². The highest BCUT2D eigenvalue weighted by atomic mass is 19.1. The van der Waals surface area contributed by atoms with E-state index in [1.54, 1.807) is 6.07 Å². The minimum Gasteiger partial charge on any atom is -0.381 e. The average molecular weight is 267 g/mol. The lowest BCUT2D eigenvalue weighted by molar-refractivity contribution is -0.122. The van der Waals surface area contributed by atoms with Gasteiger partial charge in [0.25, 0.3) is 0 Å². The van der Waals surface area contributed by atoms with Crippen molar-refractivity contribution in [1.82, 2.24) is 0 Å². The van der Waals surface area contributed by atoms with Crippen molar-refractivity contribution in [3.63, 3.8) is 0 Å². The number of benzene rings is 1. The minimum atomic E-state index is -0.512. The zero-order valence-corrected chi connectivity index (χ0v) is 11.6. The quantitative estimate of drug-likeness (QED) is 0.912. The van der Waals surface area contributed by atoms with E-state index in [9.17, 15) is 4.39 Å². The van der Waals surface area contributed by atoms with Gasteiger partial charge in [-0.3, -0.25) is 0 Å². The molecule has 0 bridgehead atoms. The Bertz CT molecular complexity index is 425. The molecular weight excluding hydrogens is 245 g/mol. The van der Waals surface area contributed by atoms with Crippen molar-refractivity contribution < 1.29 is 13.9 Å². The molecule has 1 fully saturated rings. The fourth-order valence-electron chi connectivity index (χ4n) is 2.73. The molecule has 1 aliphatic heterocycles. The maximum absolute atomic E-state index is 14.0. The van der Waals surface area contributed by atoms with Gasteiger partial charge in [0.2, 0.25) is 0 Å². The molecule has 0 aliphatic carbocycles. The molecule has 3 nitrogen and oxygen atoms in total. The molecule has 2 rings (SSSR count). The van der Waals surface area contributed by atoms with E-state index in [1.807, 2.05) is 19.9 Å². The average Bonchev–Trinajstić information content (AvgIpc) is 2.42. The van der Waals surface area contributed by atoms with Gasteiger partial charge < -0.3 is 15.2 Å². The van der Waals surface area contributed by atoms with E-state index in [-0.39, 0.29) is 5.82 Å². The van der Waals surface area contributed by atoms with Crippen LogP contribution in [0.15, 0.2) is 18.2 Å². The van der Waals surface area contributed by atoms with Gasteiger partial charge in [-0.2, -0.15) is 0 Å². The molecule has 1 saturated heterocycles. The van der Waals surface area contributed by atoms with Gasteiger partial charge in [-0.05, 0) is 19.9 Å². The molecule has 0 amide bonds. The van der Waals surface area contributed by atoms with Crippen molar-refractivity contribution in [2.24, 2.45) is 5.73 Å². The Balaban J connectivity index is 2.32. The van der Waals surface area contributed by atoms with Crippen molar-refractivity contribution in [2.45, 2.75) is 38.3 Å². The third-order valence-corrected chi connectivity index (χ3v) is 3.82. The molecule has 1 atom stereocenters. The molecule has 19 heavy (non-hydrogen) atoms. The number of nitrogens with two attached hydrogens (primary N) is 1. The van der Waals surface area contributed by atoms with Crippen molar-refractivity contribution in [1.29, 1.82) is 0 Å². The summed E-state index contributed by atoms with van der Waals surface area (Å²) in [4.78, 5) is 0. The maximum Gasteiger partial charge on any atom is 0.128 e. The Morgan fingerprint density at radius 3 is 2.74 bits per heavy atom. The monoisotopic (exact) mass is 267 g/mol. The highest BCUT2D eigenvalue weighted by molar-refractivity contribution is 5.29. The third-order valence-electron chi connectivity index (χ3n) is 3.82. The van der Waals surface area contributed by atoms with Gasteiger partial charge in [-0.25, -0.2) is 4.39 Å². The van der Waals surface area contributed by atoms with Crippen LogP contribution in [0.5, 0.6) is 0 Å². The Morgan fingerprint density at radius 2 is 2.11 bits per heavy atom. The molecule has 1 heterocycles. The summed E-state index contributed by atoms with van der Waals surface area (Å²) in [5, 5.41) is 0. The summed E-state index contributed by atoms with van der Waals surface area (Å²) < 4.78 is 25.3. The lowest BCUT2D eigenvalue weighted by Gasteiger charge is -2.41. The molecule has 0 radical (unpaired) electrons. The first-order valence-electron chi connectivity index (χ1n) is 6.82. The minimum absolute atomic E-state index is 0.260. The molecule has 2 N–H and O–H groups in total. The van der Waals surface area contributed by atoms with Gasteiger partial charge in [0.1, 0.15) is 5.82 Å². The number of rotatable bonds is 4. The van der Waals surface area contributed by atoms with Crippen LogP contribution in [0.25, 0.3) is 0 Å². The van der Waals surface area contributed by atoms with Crippen LogP contribution in [0.1, 0.15) is 36.9 Å². The third kappa shape index (κ3) is 2.96. The Kier molecular flexibility index (Phi) is 4.55. The van der Waals surface area contributed by atoms with Crippen LogP contribution < -0.4 is 5.73 Å². The van der Waals surface area contributed by atoms with Crippen LogP contribution in [0.4, 0.5) is 4.39 Å². The predicted molar refractivity (Wildman–Crippen MR) is 72.5 cm³/mol. The van der Waals surface area contributed by atoms with Crippen LogP contribution in [-0.2, 0) is 9.47 Å². The summed E-state index contributed by atoms with van der Waals surface area (Å²) >= 11 is 0. The lowest BCUT2D eigenvalue weighted by Crippen LogP contribution is -2.48. The van der Waals surface area contributed by atoms with Gasteiger partial charge in [0, 0.05) is 38.2 Å². The van der Waals surface area contributed by atoms with Gasteiger partial charge in [-0.15, -0.1) is 0 Å². The fraction of sp³-hybridized carbons (Fsp3) is 0.600. The summed E-state index contributed by atoms with van der Waals surface area (Å²) in [5.74, 6) is -0.260. The van der Waals surface area contributed by atoms with Gasteiger partial charge in [0.15, 0.2) is 0 Å². The largest absolute Gasteiger partial charge is 0.381 e. The first kappa shape index (κ1) is 14.4. The second kappa shape index (κ2) is 5.99. The topological polar surface area (TPSA) is 44.5 Å². The van der Waals surface area contributed by atoms with E-state index in [0.717, 1.165) is 5.56 Å². The number of hydrogen-bond acceptors (Lipinski definition) is 3. The number of hydrogen-bond donors (Lipinski definition) is 1. The van der Waals surface area contributed by atoms with E-state index >= 15 is 0 Å². The number of halogens is 1. The normalized spacial score (nSPS) is 20.2. The molecule has 0 aromatic heterocycles. The summed E-state index contributed by atoms with van der Waals surface area (Å²) in [6.45, 7) is 5.67. The van der Waals surface area contributed by atoms with Crippen LogP contribution in [-0.4, -0.2) is 25.4 Å².